The minimum Gasteiger partial charge on any atom is -0.354 e. The number of rotatable bonds is 5. The summed E-state index contributed by atoms with van der Waals surface area (Å²) in [5.74, 6) is 0.481. The number of nitrogens with one attached hydrogen (secondary N) is 2. The molecule has 0 radical (unpaired) electrons. The molecule has 6 nitrogen and oxygen atoms in total. The number of H-pyrrole nitrogens is 1. The molecular weight excluding hydrogens is 564 g/mol. The topological polar surface area (TPSA) is 74.4 Å². The molecule has 2 aromatic heterocycles. The van der Waals surface area contributed by atoms with Gasteiger partial charge < -0.3 is 9.55 Å². The number of fused-ring (bicyclic) bond motifs is 6. The number of hydrogen-bond acceptors (Lipinski definition) is 3. The van der Waals surface area contributed by atoms with Gasteiger partial charge in [0.25, 0.3) is 0 Å². The number of nitriles is 1. The summed E-state index contributed by atoms with van der Waals surface area (Å²) in [6.07, 6.45) is -0.0773. The monoisotopic (exact) mass is 592 g/mol. The zero-order chi connectivity index (χ0) is 30.8. The molecule has 8 aromatic rings. The molecular formula is C40H28N6. The highest BCUT2D eigenvalue weighted by atomic mass is 15.9. The zero-order valence-corrected chi connectivity index (χ0v) is 24.9. The van der Waals surface area contributed by atoms with Gasteiger partial charge in [-0.3, -0.25) is 10.4 Å². The Hall–Kier alpha value is -6.16. The van der Waals surface area contributed by atoms with E-state index in [0.717, 1.165) is 49.7 Å². The number of para-hydroxylation sites is 1. The van der Waals surface area contributed by atoms with Crippen LogP contribution >= 0.6 is 0 Å². The van der Waals surface area contributed by atoms with E-state index in [2.05, 4.69) is 117 Å². The summed E-state index contributed by atoms with van der Waals surface area (Å²) in [7, 11) is 0. The third-order valence-electron chi connectivity index (χ3n) is 9.15. The standard InChI is InChI=1S/C40H28N6/c41-24-27-18-19-37-33(20-27)34-22-32-31-16-7-8-17-35(31)43-36(32)23-38(34)45(37)30-15-9-14-29(21-30)40-44(25-26-10-3-1-4-11-26)46(40)39(42)28-12-5-2-6-13-28/h1-23,40,42-43H,25H2/t40?,44-,46?/m0/s1. The van der Waals surface area contributed by atoms with Crippen molar-refractivity contribution in [3.8, 4) is 11.8 Å². The van der Waals surface area contributed by atoms with Gasteiger partial charge in [0.2, 0.25) is 0 Å². The second-order valence-corrected chi connectivity index (χ2v) is 11.9. The predicted molar refractivity (Wildman–Crippen MR) is 185 cm³/mol. The molecule has 3 heterocycles. The number of aromatic nitrogens is 2. The van der Waals surface area contributed by atoms with E-state index in [4.69, 9.17) is 5.41 Å². The van der Waals surface area contributed by atoms with Crippen LogP contribution in [-0.4, -0.2) is 25.4 Å². The van der Waals surface area contributed by atoms with Crippen molar-refractivity contribution in [2.45, 2.75) is 12.7 Å². The van der Waals surface area contributed by atoms with Crippen molar-refractivity contribution in [1.82, 2.24) is 19.6 Å². The Labute approximate surface area is 265 Å². The average molecular weight is 593 g/mol. The van der Waals surface area contributed by atoms with E-state index in [-0.39, 0.29) is 6.17 Å². The summed E-state index contributed by atoms with van der Waals surface area (Å²) >= 11 is 0. The fraction of sp³-hybridized carbons (Fsp3) is 0.0500. The van der Waals surface area contributed by atoms with Crippen LogP contribution in [0.15, 0.2) is 140 Å². The summed E-state index contributed by atoms with van der Waals surface area (Å²) in [5, 5.41) is 27.8. The van der Waals surface area contributed by atoms with Crippen LogP contribution in [0.5, 0.6) is 0 Å². The van der Waals surface area contributed by atoms with Gasteiger partial charge in [-0.25, -0.2) is 0 Å². The maximum atomic E-state index is 9.77. The van der Waals surface area contributed by atoms with Crippen molar-refractivity contribution in [2.24, 2.45) is 0 Å². The molecule has 6 aromatic carbocycles. The second kappa shape index (κ2) is 10.2. The molecule has 0 aliphatic carbocycles. The Bertz CT molecular complexity index is 2500. The van der Waals surface area contributed by atoms with Gasteiger partial charge in [0.1, 0.15) is 12.0 Å². The first-order chi connectivity index (χ1) is 22.7. The molecule has 46 heavy (non-hydrogen) atoms. The lowest BCUT2D eigenvalue weighted by atomic mass is 10.1. The first-order valence-corrected chi connectivity index (χ1v) is 15.4. The first kappa shape index (κ1) is 26.3. The molecule has 1 aliphatic heterocycles. The van der Waals surface area contributed by atoms with Crippen molar-refractivity contribution in [3.63, 3.8) is 0 Å². The summed E-state index contributed by atoms with van der Waals surface area (Å²) in [6, 6.07) is 50.2. The number of benzene rings is 6. The summed E-state index contributed by atoms with van der Waals surface area (Å²) in [6.45, 7) is 0.704. The number of aromatic amines is 1. The van der Waals surface area contributed by atoms with Crippen molar-refractivity contribution in [3.05, 3.63) is 162 Å². The van der Waals surface area contributed by atoms with E-state index in [9.17, 15) is 5.26 Å². The number of hydrogen-bond donors (Lipinski definition) is 2. The molecule has 2 atom stereocenters. The Balaban J connectivity index is 1.20. The van der Waals surface area contributed by atoms with Crippen LogP contribution in [0.2, 0.25) is 0 Å². The van der Waals surface area contributed by atoms with Crippen molar-refractivity contribution in [2.75, 3.05) is 0 Å². The highest BCUT2D eigenvalue weighted by Gasteiger charge is 2.48. The quantitative estimate of drug-likeness (QED) is 0.119. The Morgan fingerprint density at radius 1 is 0.674 bits per heavy atom. The predicted octanol–water partition coefficient (Wildman–Crippen LogP) is 9.05. The van der Waals surface area contributed by atoms with Gasteiger partial charge in [-0.1, -0.05) is 91.0 Å². The van der Waals surface area contributed by atoms with Crippen molar-refractivity contribution >= 4 is 49.4 Å². The van der Waals surface area contributed by atoms with Gasteiger partial charge in [-0.15, -0.1) is 0 Å². The third-order valence-corrected chi connectivity index (χ3v) is 9.15. The largest absolute Gasteiger partial charge is 0.354 e. The van der Waals surface area contributed by atoms with Crippen LogP contribution in [0.4, 0.5) is 0 Å². The SMILES string of the molecule is N#Cc1ccc2c(c1)c1cc3c(cc1n2-c1cccc(C2N(C(=N)c4ccccc4)[N@@]2Cc2ccccc2)c1)[nH]c1ccccc13. The van der Waals surface area contributed by atoms with Gasteiger partial charge in [0, 0.05) is 50.4 Å². The maximum Gasteiger partial charge on any atom is 0.144 e. The fourth-order valence-corrected chi connectivity index (χ4v) is 6.97. The van der Waals surface area contributed by atoms with Crippen LogP contribution in [0, 0.1) is 16.7 Å². The van der Waals surface area contributed by atoms with Crippen LogP contribution in [0.1, 0.15) is 28.4 Å². The molecule has 0 amide bonds. The van der Waals surface area contributed by atoms with Crippen molar-refractivity contribution < 1.29 is 0 Å². The Morgan fingerprint density at radius 2 is 1.43 bits per heavy atom. The van der Waals surface area contributed by atoms with Crippen molar-refractivity contribution in [1.29, 1.82) is 10.7 Å². The van der Waals surface area contributed by atoms with E-state index in [1.807, 2.05) is 48.5 Å². The molecule has 6 heteroatoms. The van der Waals surface area contributed by atoms with Crippen LogP contribution in [-0.2, 0) is 6.54 Å². The minimum atomic E-state index is -0.0773. The van der Waals surface area contributed by atoms with Crippen LogP contribution < -0.4 is 0 Å². The molecule has 2 N–H and O–H groups in total. The van der Waals surface area contributed by atoms with Gasteiger partial charge >= 0.3 is 0 Å². The van der Waals surface area contributed by atoms with Gasteiger partial charge in [-0.05, 0) is 59.7 Å². The molecule has 0 spiro atoms. The number of nitrogens with zero attached hydrogens (tertiary/aromatic N) is 4. The molecule has 1 aliphatic rings. The Morgan fingerprint density at radius 3 is 2.26 bits per heavy atom. The molecule has 9 rings (SSSR count). The lowest BCUT2D eigenvalue weighted by molar-refractivity contribution is 0.391. The highest BCUT2D eigenvalue weighted by molar-refractivity contribution is 6.18. The third kappa shape index (κ3) is 4.11. The fourth-order valence-electron chi connectivity index (χ4n) is 6.97. The van der Waals surface area contributed by atoms with Gasteiger partial charge in [0.05, 0.1) is 22.7 Å². The van der Waals surface area contributed by atoms with E-state index >= 15 is 0 Å². The molecule has 1 unspecified atom stereocenters. The molecule has 218 valence electrons. The first-order valence-electron chi connectivity index (χ1n) is 15.4. The van der Waals surface area contributed by atoms with E-state index < -0.39 is 0 Å². The Kier molecular flexibility index (Phi) is 5.82. The van der Waals surface area contributed by atoms with E-state index in [0.29, 0.717) is 17.9 Å². The van der Waals surface area contributed by atoms with Gasteiger partial charge in [-0.2, -0.15) is 10.3 Å². The second-order valence-electron chi connectivity index (χ2n) is 11.9. The lowest BCUT2D eigenvalue weighted by Crippen LogP contribution is -2.16. The lowest BCUT2D eigenvalue weighted by Gasteiger charge is -2.10. The molecule has 1 fully saturated rings. The molecule has 0 saturated carbocycles. The van der Waals surface area contributed by atoms with Crippen LogP contribution in [0.3, 0.4) is 0 Å². The highest BCUT2D eigenvalue weighted by Crippen LogP contribution is 2.45. The maximum absolute atomic E-state index is 9.77. The molecule has 0 bridgehead atoms. The molecule has 1 saturated heterocycles. The summed E-state index contributed by atoms with van der Waals surface area (Å²) in [5.41, 5.74) is 9.19. The normalized spacial score (nSPS) is 15.9. The number of hydrazine groups is 1. The average Bonchev–Trinajstić information content (AvgIpc) is 3.56. The zero-order valence-electron chi connectivity index (χ0n) is 24.9. The minimum absolute atomic E-state index is 0.0773. The summed E-state index contributed by atoms with van der Waals surface area (Å²) < 4.78 is 2.30. The smallest absolute Gasteiger partial charge is 0.144 e. The van der Waals surface area contributed by atoms with E-state index in [1.54, 1.807) is 0 Å². The van der Waals surface area contributed by atoms with E-state index in [1.165, 1.54) is 16.3 Å². The number of amidine groups is 1. The van der Waals surface area contributed by atoms with Gasteiger partial charge in [0.15, 0.2) is 0 Å². The summed E-state index contributed by atoms with van der Waals surface area (Å²) in [4.78, 5) is 3.62. The van der Waals surface area contributed by atoms with Crippen LogP contribution in [0.25, 0.3) is 49.3 Å².